The van der Waals surface area contributed by atoms with Crippen LogP contribution in [0, 0.1) is 0 Å². The second-order valence-corrected chi connectivity index (χ2v) is 2.66. The van der Waals surface area contributed by atoms with E-state index in [-0.39, 0.29) is 5.97 Å². The monoisotopic (exact) mass is 183 g/mol. The first-order chi connectivity index (χ1) is 6.11. The van der Waals surface area contributed by atoms with Crippen LogP contribution in [-0.2, 0) is 9.53 Å². The number of rotatable bonds is 4. The lowest BCUT2D eigenvalue weighted by molar-refractivity contribution is -0.138. The number of hydrogen-bond acceptors (Lipinski definition) is 3. The molecule has 0 radical (unpaired) electrons. The van der Waals surface area contributed by atoms with Crippen molar-refractivity contribution in [2.75, 3.05) is 13.2 Å². The summed E-state index contributed by atoms with van der Waals surface area (Å²) in [6.45, 7) is 8.49. The minimum absolute atomic E-state index is 0.270. The maximum absolute atomic E-state index is 11.1. The van der Waals surface area contributed by atoms with Gasteiger partial charge in [-0.25, -0.2) is 4.79 Å². The van der Waals surface area contributed by atoms with Gasteiger partial charge in [-0.05, 0) is 33.8 Å². The van der Waals surface area contributed by atoms with Gasteiger partial charge in [-0.3, -0.25) is 4.99 Å². The van der Waals surface area contributed by atoms with E-state index in [0.29, 0.717) is 12.2 Å². The number of hydrogen-bond donors (Lipinski definition) is 0. The van der Waals surface area contributed by atoms with Crippen molar-refractivity contribution in [2.45, 2.75) is 27.7 Å². The van der Waals surface area contributed by atoms with Gasteiger partial charge in [0, 0.05) is 17.8 Å². The summed E-state index contributed by atoms with van der Waals surface area (Å²) in [5, 5.41) is 0. The number of carbonyl (C=O) groups excluding carboxylic acids is 1. The zero-order valence-electron chi connectivity index (χ0n) is 8.76. The maximum Gasteiger partial charge on any atom is 0.333 e. The minimum Gasteiger partial charge on any atom is -0.463 e. The third-order valence-corrected chi connectivity index (χ3v) is 1.43. The van der Waals surface area contributed by atoms with Crippen molar-refractivity contribution in [3.63, 3.8) is 0 Å². The smallest absolute Gasteiger partial charge is 0.333 e. The standard InChI is InChI=1S/C10H17NO2/c1-5-11-9(4)7-8(3)10(12)13-6-2/h7H,5-6H2,1-4H3/b8-7+,11-9?. The van der Waals surface area contributed by atoms with Crippen molar-refractivity contribution in [2.24, 2.45) is 4.99 Å². The average molecular weight is 183 g/mol. The Morgan fingerprint density at radius 2 is 2.00 bits per heavy atom. The van der Waals surface area contributed by atoms with Crippen molar-refractivity contribution in [1.29, 1.82) is 0 Å². The number of aliphatic imine (C=N–C) groups is 1. The molecule has 0 saturated heterocycles. The molecule has 0 N–H and O–H groups in total. The van der Waals surface area contributed by atoms with E-state index in [4.69, 9.17) is 4.74 Å². The Labute approximate surface area is 79.5 Å². The highest BCUT2D eigenvalue weighted by Crippen LogP contribution is 1.97. The van der Waals surface area contributed by atoms with E-state index in [9.17, 15) is 4.79 Å². The molecule has 0 saturated carbocycles. The quantitative estimate of drug-likeness (QED) is 0.380. The van der Waals surface area contributed by atoms with Crippen LogP contribution in [-0.4, -0.2) is 24.8 Å². The number of allylic oxidation sites excluding steroid dienone is 1. The predicted octanol–water partition coefficient (Wildman–Crippen LogP) is 1.98. The van der Waals surface area contributed by atoms with E-state index in [2.05, 4.69) is 4.99 Å². The van der Waals surface area contributed by atoms with Crippen LogP contribution < -0.4 is 0 Å². The van der Waals surface area contributed by atoms with E-state index >= 15 is 0 Å². The Kier molecular flexibility index (Phi) is 5.85. The highest BCUT2D eigenvalue weighted by molar-refractivity contribution is 6.00. The number of carbonyl (C=O) groups is 1. The highest BCUT2D eigenvalue weighted by atomic mass is 16.5. The fourth-order valence-corrected chi connectivity index (χ4v) is 0.912. The predicted molar refractivity (Wildman–Crippen MR) is 54.0 cm³/mol. The van der Waals surface area contributed by atoms with Crippen molar-refractivity contribution in [3.8, 4) is 0 Å². The molecule has 0 aliphatic rings. The fourth-order valence-electron chi connectivity index (χ4n) is 0.912. The highest BCUT2D eigenvalue weighted by Gasteiger charge is 2.03. The first-order valence-corrected chi connectivity index (χ1v) is 4.48. The second kappa shape index (κ2) is 6.40. The van der Waals surface area contributed by atoms with Crippen LogP contribution in [0.5, 0.6) is 0 Å². The van der Waals surface area contributed by atoms with Crippen molar-refractivity contribution >= 4 is 11.7 Å². The van der Waals surface area contributed by atoms with Crippen molar-refractivity contribution in [1.82, 2.24) is 0 Å². The normalized spacial score (nSPS) is 12.9. The maximum atomic E-state index is 11.1. The van der Waals surface area contributed by atoms with Gasteiger partial charge in [-0.1, -0.05) is 0 Å². The van der Waals surface area contributed by atoms with Crippen molar-refractivity contribution in [3.05, 3.63) is 11.6 Å². The molecule has 74 valence electrons. The van der Waals surface area contributed by atoms with Crippen LogP contribution in [0.1, 0.15) is 27.7 Å². The van der Waals surface area contributed by atoms with Gasteiger partial charge in [0.1, 0.15) is 0 Å². The van der Waals surface area contributed by atoms with Gasteiger partial charge in [0.25, 0.3) is 0 Å². The van der Waals surface area contributed by atoms with Crippen LogP contribution in [0.4, 0.5) is 0 Å². The summed E-state index contributed by atoms with van der Waals surface area (Å²) >= 11 is 0. The van der Waals surface area contributed by atoms with Crippen LogP contribution >= 0.6 is 0 Å². The molecule has 0 aliphatic heterocycles. The molecule has 0 aromatic carbocycles. The zero-order valence-corrected chi connectivity index (χ0v) is 8.76. The van der Waals surface area contributed by atoms with E-state index in [0.717, 1.165) is 12.3 Å². The molecule has 0 unspecified atom stereocenters. The molecular weight excluding hydrogens is 166 g/mol. The molecule has 0 bridgehead atoms. The van der Waals surface area contributed by atoms with Gasteiger partial charge in [0.2, 0.25) is 0 Å². The van der Waals surface area contributed by atoms with Crippen LogP contribution in [0.15, 0.2) is 16.6 Å². The Balaban J connectivity index is 4.31. The fraction of sp³-hybridized carbons (Fsp3) is 0.600. The molecule has 0 aromatic rings. The van der Waals surface area contributed by atoms with Gasteiger partial charge in [0.05, 0.1) is 6.61 Å². The zero-order chi connectivity index (χ0) is 10.3. The van der Waals surface area contributed by atoms with Gasteiger partial charge in [0.15, 0.2) is 0 Å². The number of nitrogens with zero attached hydrogens (tertiary/aromatic N) is 1. The summed E-state index contributed by atoms with van der Waals surface area (Å²) in [6.07, 6.45) is 1.74. The van der Waals surface area contributed by atoms with E-state index < -0.39 is 0 Å². The molecule has 0 rings (SSSR count). The number of esters is 1. The minimum atomic E-state index is -0.270. The van der Waals surface area contributed by atoms with Gasteiger partial charge < -0.3 is 4.74 Å². The molecule has 0 aromatic heterocycles. The molecular formula is C10H17NO2. The Morgan fingerprint density at radius 1 is 1.38 bits per heavy atom. The first-order valence-electron chi connectivity index (χ1n) is 4.48. The summed E-state index contributed by atoms with van der Waals surface area (Å²) in [5.41, 5.74) is 1.45. The van der Waals surface area contributed by atoms with E-state index in [1.54, 1.807) is 19.9 Å². The molecule has 0 spiro atoms. The third-order valence-electron chi connectivity index (χ3n) is 1.43. The van der Waals surface area contributed by atoms with Gasteiger partial charge in [-0.2, -0.15) is 0 Å². The lowest BCUT2D eigenvalue weighted by Gasteiger charge is -2.00. The first kappa shape index (κ1) is 11.9. The number of ether oxygens (including phenoxy) is 1. The molecule has 0 heterocycles. The lowest BCUT2D eigenvalue weighted by atomic mass is 10.2. The molecule has 13 heavy (non-hydrogen) atoms. The van der Waals surface area contributed by atoms with Crippen molar-refractivity contribution < 1.29 is 9.53 Å². The second-order valence-electron chi connectivity index (χ2n) is 2.66. The lowest BCUT2D eigenvalue weighted by Crippen LogP contribution is -2.06. The van der Waals surface area contributed by atoms with E-state index in [1.807, 2.05) is 13.8 Å². The Bertz CT molecular complexity index is 229. The molecule has 0 aliphatic carbocycles. The summed E-state index contributed by atoms with van der Waals surface area (Å²) in [6, 6.07) is 0. The largest absolute Gasteiger partial charge is 0.463 e. The molecule has 0 fully saturated rings. The summed E-state index contributed by atoms with van der Waals surface area (Å²) in [4.78, 5) is 15.3. The van der Waals surface area contributed by atoms with Gasteiger partial charge in [-0.15, -0.1) is 0 Å². The molecule has 0 amide bonds. The van der Waals surface area contributed by atoms with Crippen LogP contribution in [0.3, 0.4) is 0 Å². The van der Waals surface area contributed by atoms with E-state index in [1.165, 1.54) is 0 Å². The molecule has 3 heteroatoms. The summed E-state index contributed by atoms with van der Waals surface area (Å²) in [5.74, 6) is -0.270. The molecule has 0 atom stereocenters. The average Bonchev–Trinajstić information content (AvgIpc) is 2.05. The topological polar surface area (TPSA) is 38.7 Å². The molecule has 3 nitrogen and oxygen atoms in total. The Morgan fingerprint density at radius 3 is 2.46 bits per heavy atom. The van der Waals surface area contributed by atoms with Gasteiger partial charge >= 0.3 is 5.97 Å². The third kappa shape index (κ3) is 5.17. The SMILES string of the molecule is CCN=C(C)/C=C(\C)C(=O)OCC. The summed E-state index contributed by atoms with van der Waals surface area (Å²) < 4.78 is 4.82. The Hall–Kier alpha value is -1.12. The van der Waals surface area contributed by atoms with Crippen LogP contribution in [0.25, 0.3) is 0 Å². The summed E-state index contributed by atoms with van der Waals surface area (Å²) in [7, 11) is 0. The van der Waals surface area contributed by atoms with Crippen LogP contribution in [0.2, 0.25) is 0 Å².